The lowest BCUT2D eigenvalue weighted by Gasteiger charge is -2.12. The number of fused-ring (bicyclic) bond motifs is 1. The van der Waals surface area contributed by atoms with Crippen molar-refractivity contribution in [3.63, 3.8) is 0 Å². The number of rotatable bonds is 2. The van der Waals surface area contributed by atoms with E-state index in [-0.39, 0.29) is 6.23 Å². The van der Waals surface area contributed by atoms with Crippen molar-refractivity contribution in [1.29, 1.82) is 0 Å². The highest BCUT2D eigenvalue weighted by Gasteiger charge is 2.17. The van der Waals surface area contributed by atoms with Crippen molar-refractivity contribution in [3.05, 3.63) is 41.3 Å². The van der Waals surface area contributed by atoms with Gasteiger partial charge in [-0.15, -0.1) is 0 Å². The maximum Gasteiger partial charge on any atom is 0.166 e. The average molecular weight is 300 g/mol. The van der Waals surface area contributed by atoms with Crippen LogP contribution in [0.2, 0.25) is 0 Å². The van der Waals surface area contributed by atoms with Crippen molar-refractivity contribution in [2.45, 2.75) is 40.8 Å². The predicted octanol–water partition coefficient (Wildman–Crippen LogP) is 4.15. The van der Waals surface area contributed by atoms with Crippen molar-refractivity contribution in [2.24, 2.45) is 0 Å². The summed E-state index contributed by atoms with van der Waals surface area (Å²) in [6.45, 7) is 10.1. The molecule has 0 radical (unpaired) electrons. The highest BCUT2D eigenvalue weighted by molar-refractivity contribution is 5.88. The smallest absolute Gasteiger partial charge is 0.166 e. The maximum atomic E-state index is 5.41. The SMILES string of the molecule is CC.COc1ccc2c(C)cc(C3=COC(C)N3)nc2c1C. The normalized spacial score (nSPS) is 16.3. The Labute approximate surface area is 132 Å². The third-order valence-corrected chi connectivity index (χ3v) is 3.64. The van der Waals surface area contributed by atoms with Crippen molar-refractivity contribution in [2.75, 3.05) is 7.11 Å². The Bertz CT molecular complexity index is 708. The predicted molar refractivity (Wildman–Crippen MR) is 90.8 cm³/mol. The topological polar surface area (TPSA) is 43.4 Å². The van der Waals surface area contributed by atoms with E-state index in [1.165, 1.54) is 5.56 Å². The number of nitrogens with one attached hydrogen (secondary N) is 1. The standard InChI is InChI=1S/C16H18N2O2.C2H6/c1-9-7-13(14-8-20-11(3)17-14)18-16-10(2)15(19-4)6-5-12(9)16;1-2/h5-8,11,17H,1-4H3;1-2H3. The number of aryl methyl sites for hydroxylation is 2. The summed E-state index contributed by atoms with van der Waals surface area (Å²) in [5.74, 6) is 0.861. The van der Waals surface area contributed by atoms with Gasteiger partial charge >= 0.3 is 0 Å². The molecule has 3 rings (SSSR count). The zero-order chi connectivity index (χ0) is 16.3. The van der Waals surface area contributed by atoms with Gasteiger partial charge in [-0.05, 0) is 44.5 Å². The van der Waals surface area contributed by atoms with E-state index in [1.54, 1.807) is 13.4 Å². The summed E-state index contributed by atoms with van der Waals surface area (Å²) in [6.07, 6.45) is 1.72. The molecule has 1 aromatic carbocycles. The molecular formula is C18H24N2O2. The number of hydrogen-bond acceptors (Lipinski definition) is 4. The van der Waals surface area contributed by atoms with Gasteiger partial charge < -0.3 is 14.8 Å². The summed E-state index contributed by atoms with van der Waals surface area (Å²) < 4.78 is 10.8. The van der Waals surface area contributed by atoms with Gasteiger partial charge in [0.25, 0.3) is 0 Å². The van der Waals surface area contributed by atoms with Gasteiger partial charge in [-0.1, -0.05) is 13.8 Å². The van der Waals surface area contributed by atoms with Gasteiger partial charge in [0.2, 0.25) is 0 Å². The first-order valence-electron chi connectivity index (χ1n) is 7.67. The minimum atomic E-state index is -0.00536. The van der Waals surface area contributed by atoms with E-state index in [0.717, 1.165) is 33.6 Å². The molecule has 1 aliphatic rings. The third kappa shape index (κ3) is 2.86. The van der Waals surface area contributed by atoms with E-state index >= 15 is 0 Å². The molecule has 22 heavy (non-hydrogen) atoms. The van der Waals surface area contributed by atoms with E-state index in [4.69, 9.17) is 14.5 Å². The second-order valence-electron chi connectivity index (χ2n) is 5.07. The molecule has 0 fully saturated rings. The fourth-order valence-corrected chi connectivity index (χ4v) is 2.53. The van der Waals surface area contributed by atoms with Gasteiger partial charge in [0.15, 0.2) is 6.23 Å². The third-order valence-electron chi connectivity index (χ3n) is 3.64. The molecule has 1 unspecified atom stereocenters. The summed E-state index contributed by atoms with van der Waals surface area (Å²) in [7, 11) is 1.68. The molecule has 0 saturated carbocycles. The minimum Gasteiger partial charge on any atom is -0.496 e. The second kappa shape index (κ2) is 6.69. The molecule has 0 bridgehead atoms. The Morgan fingerprint density at radius 1 is 1.23 bits per heavy atom. The van der Waals surface area contributed by atoms with Crippen LogP contribution in [0.15, 0.2) is 24.5 Å². The molecule has 118 valence electrons. The van der Waals surface area contributed by atoms with Gasteiger partial charge in [-0.2, -0.15) is 0 Å². The van der Waals surface area contributed by atoms with E-state index < -0.39 is 0 Å². The van der Waals surface area contributed by atoms with Gasteiger partial charge in [-0.3, -0.25) is 0 Å². The number of aromatic nitrogens is 1. The Balaban J connectivity index is 0.000000847. The molecule has 0 saturated heterocycles. The Hall–Kier alpha value is -2.23. The number of hydrogen-bond donors (Lipinski definition) is 1. The summed E-state index contributed by atoms with van der Waals surface area (Å²) in [5.41, 5.74) is 5.04. The van der Waals surface area contributed by atoms with Crippen LogP contribution in [0, 0.1) is 13.8 Å². The zero-order valence-corrected chi connectivity index (χ0v) is 14.2. The highest BCUT2D eigenvalue weighted by atomic mass is 16.5. The fraction of sp³-hybridized carbons (Fsp3) is 0.389. The molecule has 4 nitrogen and oxygen atoms in total. The first kappa shape index (κ1) is 16.1. The quantitative estimate of drug-likeness (QED) is 0.904. The fourth-order valence-electron chi connectivity index (χ4n) is 2.53. The van der Waals surface area contributed by atoms with E-state index in [2.05, 4.69) is 24.4 Å². The zero-order valence-electron chi connectivity index (χ0n) is 14.2. The molecule has 0 spiro atoms. The molecule has 0 aliphatic carbocycles. The second-order valence-corrected chi connectivity index (χ2v) is 5.07. The van der Waals surface area contributed by atoms with Crippen molar-refractivity contribution >= 4 is 16.6 Å². The summed E-state index contributed by atoms with van der Waals surface area (Å²) in [4.78, 5) is 4.77. The molecule has 1 N–H and O–H groups in total. The molecule has 1 aliphatic heterocycles. The lowest BCUT2D eigenvalue weighted by Crippen LogP contribution is -2.19. The van der Waals surface area contributed by atoms with Crippen LogP contribution in [0.4, 0.5) is 0 Å². The van der Waals surface area contributed by atoms with Crippen LogP contribution in [0.3, 0.4) is 0 Å². The first-order chi connectivity index (χ1) is 10.6. The van der Waals surface area contributed by atoms with Crippen molar-refractivity contribution in [1.82, 2.24) is 10.3 Å². The molecular weight excluding hydrogens is 276 g/mol. The largest absolute Gasteiger partial charge is 0.496 e. The molecule has 1 atom stereocenters. The van der Waals surface area contributed by atoms with Gasteiger partial charge in [-0.25, -0.2) is 4.98 Å². The molecule has 4 heteroatoms. The van der Waals surface area contributed by atoms with Crippen LogP contribution in [0.25, 0.3) is 16.6 Å². The summed E-state index contributed by atoms with van der Waals surface area (Å²) >= 11 is 0. The molecule has 0 amide bonds. The number of nitrogens with zero attached hydrogens (tertiary/aromatic N) is 1. The van der Waals surface area contributed by atoms with Crippen LogP contribution in [-0.4, -0.2) is 18.3 Å². The summed E-state index contributed by atoms with van der Waals surface area (Å²) in [5, 5.41) is 4.41. The minimum absolute atomic E-state index is 0.00536. The molecule has 2 heterocycles. The first-order valence-corrected chi connectivity index (χ1v) is 7.67. The molecule has 2 aromatic rings. The van der Waals surface area contributed by atoms with Crippen molar-refractivity contribution < 1.29 is 9.47 Å². The van der Waals surface area contributed by atoms with E-state index in [9.17, 15) is 0 Å². The van der Waals surface area contributed by atoms with Gasteiger partial charge in [0, 0.05) is 10.9 Å². The highest BCUT2D eigenvalue weighted by Crippen LogP contribution is 2.29. The number of methoxy groups -OCH3 is 1. The lowest BCUT2D eigenvalue weighted by molar-refractivity contribution is 0.171. The number of pyridine rings is 1. The molecule has 1 aromatic heterocycles. The maximum absolute atomic E-state index is 5.41. The monoisotopic (exact) mass is 300 g/mol. The Morgan fingerprint density at radius 3 is 2.55 bits per heavy atom. The number of benzene rings is 1. The van der Waals surface area contributed by atoms with E-state index in [1.807, 2.05) is 33.8 Å². The van der Waals surface area contributed by atoms with Gasteiger partial charge in [0.1, 0.15) is 12.0 Å². The number of ether oxygens (including phenoxy) is 2. The Morgan fingerprint density at radius 2 is 1.95 bits per heavy atom. The van der Waals surface area contributed by atoms with Gasteiger partial charge in [0.05, 0.1) is 24.0 Å². The Kier molecular flexibility index (Phi) is 4.91. The van der Waals surface area contributed by atoms with Crippen LogP contribution in [0.5, 0.6) is 5.75 Å². The van der Waals surface area contributed by atoms with Crippen LogP contribution in [0.1, 0.15) is 37.6 Å². The van der Waals surface area contributed by atoms with E-state index in [0.29, 0.717) is 0 Å². The summed E-state index contributed by atoms with van der Waals surface area (Å²) in [6, 6.07) is 6.13. The van der Waals surface area contributed by atoms with Crippen molar-refractivity contribution in [3.8, 4) is 5.75 Å². The van der Waals surface area contributed by atoms with Crippen LogP contribution >= 0.6 is 0 Å². The average Bonchev–Trinajstić information content (AvgIpc) is 2.97. The van der Waals surface area contributed by atoms with Crippen LogP contribution < -0.4 is 10.1 Å². The lowest BCUT2D eigenvalue weighted by atomic mass is 10.0. The van der Waals surface area contributed by atoms with Crippen LogP contribution in [-0.2, 0) is 4.74 Å².